The first-order chi connectivity index (χ1) is 12.3. The van der Waals surface area contributed by atoms with Crippen LogP contribution < -0.4 is 9.62 Å². The molecule has 0 spiro atoms. The second kappa shape index (κ2) is 9.95. The number of nitrogens with one attached hydrogen (secondary N) is 1. The number of rotatable bonds is 8. The fourth-order valence-corrected chi connectivity index (χ4v) is 4.63. The molecule has 2 rings (SSSR count). The van der Waals surface area contributed by atoms with E-state index in [2.05, 4.69) is 21.2 Å². The normalized spacial score (nSPS) is 15.7. The number of carbonyl (C=O) groups is 1. The average molecular weight is 466 g/mol. The van der Waals surface area contributed by atoms with E-state index in [4.69, 9.17) is 11.6 Å². The van der Waals surface area contributed by atoms with Crippen molar-refractivity contribution >= 4 is 49.1 Å². The second-order valence-electron chi connectivity index (χ2n) is 6.85. The second-order valence-corrected chi connectivity index (χ2v) is 10.0. The molecule has 1 aromatic carbocycles. The third-order valence-corrected chi connectivity index (χ3v) is 7.10. The molecule has 1 fully saturated rings. The Morgan fingerprint density at radius 2 is 2.00 bits per heavy atom. The van der Waals surface area contributed by atoms with E-state index in [1.807, 2.05) is 0 Å². The van der Waals surface area contributed by atoms with Crippen molar-refractivity contribution in [2.24, 2.45) is 5.92 Å². The minimum Gasteiger partial charge on any atom is -0.356 e. The topological polar surface area (TPSA) is 66.5 Å². The fourth-order valence-electron chi connectivity index (χ4n) is 3.25. The van der Waals surface area contributed by atoms with Gasteiger partial charge in [0.05, 0.1) is 17.0 Å². The minimum atomic E-state index is -3.45. The van der Waals surface area contributed by atoms with Crippen LogP contribution in [0.4, 0.5) is 5.69 Å². The summed E-state index contributed by atoms with van der Waals surface area (Å²) in [5.41, 5.74) is 0.503. The number of amides is 1. The molecule has 0 saturated heterocycles. The van der Waals surface area contributed by atoms with Crippen LogP contribution in [0.2, 0.25) is 5.02 Å². The lowest BCUT2D eigenvalue weighted by Gasteiger charge is -2.23. The maximum Gasteiger partial charge on any atom is 0.232 e. The van der Waals surface area contributed by atoms with Crippen LogP contribution in [0.15, 0.2) is 22.7 Å². The summed E-state index contributed by atoms with van der Waals surface area (Å²) in [5.74, 6) is 0.572. The van der Waals surface area contributed by atoms with Gasteiger partial charge in [0.2, 0.25) is 15.9 Å². The lowest BCUT2D eigenvalue weighted by Crippen LogP contribution is -2.33. The highest BCUT2D eigenvalue weighted by atomic mass is 79.9. The predicted octanol–water partition coefficient (Wildman–Crippen LogP) is 4.35. The highest BCUT2D eigenvalue weighted by Gasteiger charge is 2.19. The summed E-state index contributed by atoms with van der Waals surface area (Å²) in [5, 5.41) is 3.43. The van der Waals surface area contributed by atoms with E-state index < -0.39 is 10.0 Å². The third-order valence-electron chi connectivity index (χ3n) is 4.67. The molecule has 1 aromatic rings. The Morgan fingerprint density at radius 1 is 1.31 bits per heavy atom. The largest absolute Gasteiger partial charge is 0.356 e. The Hall–Kier alpha value is -0.790. The molecule has 0 heterocycles. The van der Waals surface area contributed by atoms with Crippen molar-refractivity contribution in [3.05, 3.63) is 27.7 Å². The Morgan fingerprint density at radius 3 is 2.62 bits per heavy atom. The van der Waals surface area contributed by atoms with Crippen molar-refractivity contribution in [3.63, 3.8) is 0 Å². The molecule has 1 aliphatic rings. The van der Waals surface area contributed by atoms with Crippen LogP contribution >= 0.6 is 27.5 Å². The number of halogens is 2. The molecular weight excluding hydrogens is 440 g/mol. The molecule has 1 saturated carbocycles. The zero-order valence-electron chi connectivity index (χ0n) is 15.0. The highest BCUT2D eigenvalue weighted by molar-refractivity contribution is 9.10. The van der Waals surface area contributed by atoms with Crippen LogP contribution in [0.3, 0.4) is 0 Å². The molecule has 0 radical (unpaired) electrons. The van der Waals surface area contributed by atoms with Gasteiger partial charge in [0, 0.05) is 24.0 Å². The first-order valence-electron chi connectivity index (χ1n) is 8.97. The summed E-state index contributed by atoms with van der Waals surface area (Å²) in [6.07, 6.45) is 8.09. The van der Waals surface area contributed by atoms with Gasteiger partial charge in [-0.2, -0.15) is 0 Å². The maximum absolute atomic E-state index is 12.1. The van der Waals surface area contributed by atoms with Crippen LogP contribution in [-0.4, -0.2) is 33.7 Å². The highest BCUT2D eigenvalue weighted by Crippen LogP contribution is 2.29. The van der Waals surface area contributed by atoms with Gasteiger partial charge in [-0.3, -0.25) is 9.10 Å². The van der Waals surface area contributed by atoms with Crippen molar-refractivity contribution in [1.29, 1.82) is 0 Å². The Balaban J connectivity index is 1.85. The summed E-state index contributed by atoms with van der Waals surface area (Å²) < 4.78 is 26.2. The Labute approximate surface area is 169 Å². The first-order valence-corrected chi connectivity index (χ1v) is 12.0. The number of hydrogen-bond donors (Lipinski definition) is 1. The molecule has 1 aliphatic carbocycles. The van der Waals surface area contributed by atoms with Crippen LogP contribution in [-0.2, 0) is 14.8 Å². The van der Waals surface area contributed by atoms with Gasteiger partial charge >= 0.3 is 0 Å². The van der Waals surface area contributed by atoms with Gasteiger partial charge in [0.25, 0.3) is 0 Å². The molecule has 146 valence electrons. The van der Waals surface area contributed by atoms with Crippen LogP contribution in [0, 0.1) is 5.92 Å². The van der Waals surface area contributed by atoms with Crippen LogP contribution in [0.5, 0.6) is 0 Å². The van der Waals surface area contributed by atoms with Gasteiger partial charge in [-0.05, 0) is 59.3 Å². The molecule has 1 amide bonds. The maximum atomic E-state index is 12.1. The Kier molecular flexibility index (Phi) is 8.23. The van der Waals surface area contributed by atoms with E-state index in [0.29, 0.717) is 33.9 Å². The molecule has 1 N–H and O–H groups in total. The minimum absolute atomic E-state index is 0.0159. The average Bonchev–Trinajstić information content (AvgIpc) is 2.59. The van der Waals surface area contributed by atoms with Gasteiger partial charge < -0.3 is 5.32 Å². The standard InChI is InChI=1S/C18H26BrClN2O3S/c1-26(24,25)22(15-9-10-16(19)17(20)12-15)11-5-8-18(23)21-13-14-6-3-2-4-7-14/h9-10,12,14H,2-8,11,13H2,1H3,(H,21,23). The van der Waals surface area contributed by atoms with E-state index in [-0.39, 0.29) is 12.5 Å². The number of hydrogen-bond acceptors (Lipinski definition) is 3. The van der Waals surface area contributed by atoms with Crippen molar-refractivity contribution in [3.8, 4) is 0 Å². The number of anilines is 1. The zero-order chi connectivity index (χ0) is 19.2. The number of sulfonamides is 1. The molecule has 8 heteroatoms. The smallest absolute Gasteiger partial charge is 0.232 e. The van der Waals surface area contributed by atoms with Crippen molar-refractivity contribution in [2.75, 3.05) is 23.7 Å². The first kappa shape index (κ1) is 21.5. The zero-order valence-corrected chi connectivity index (χ0v) is 18.2. The van der Waals surface area contributed by atoms with Gasteiger partial charge in [-0.15, -0.1) is 0 Å². The lowest BCUT2D eigenvalue weighted by molar-refractivity contribution is -0.121. The number of carbonyl (C=O) groups excluding carboxylic acids is 1. The van der Waals surface area contributed by atoms with Crippen molar-refractivity contribution in [1.82, 2.24) is 5.32 Å². The van der Waals surface area contributed by atoms with E-state index in [1.165, 1.54) is 36.4 Å². The Bertz CT molecular complexity index is 721. The van der Waals surface area contributed by atoms with E-state index in [1.54, 1.807) is 18.2 Å². The molecule has 0 aliphatic heterocycles. The van der Waals surface area contributed by atoms with Gasteiger partial charge in [0.1, 0.15) is 0 Å². The van der Waals surface area contributed by atoms with Gasteiger partial charge in [0.15, 0.2) is 0 Å². The van der Waals surface area contributed by atoms with E-state index in [0.717, 1.165) is 12.8 Å². The van der Waals surface area contributed by atoms with Crippen LogP contribution in [0.1, 0.15) is 44.9 Å². The molecule has 5 nitrogen and oxygen atoms in total. The molecule has 0 bridgehead atoms. The molecule has 26 heavy (non-hydrogen) atoms. The summed E-state index contributed by atoms with van der Waals surface area (Å²) >= 11 is 9.37. The molecular formula is C18H26BrClN2O3S. The lowest BCUT2D eigenvalue weighted by atomic mass is 9.89. The fraction of sp³-hybridized carbons (Fsp3) is 0.611. The quantitative estimate of drug-likeness (QED) is 0.621. The predicted molar refractivity (Wildman–Crippen MR) is 110 cm³/mol. The van der Waals surface area contributed by atoms with Crippen molar-refractivity contribution in [2.45, 2.75) is 44.9 Å². The summed E-state index contributed by atoms with van der Waals surface area (Å²) in [4.78, 5) is 12.0. The monoisotopic (exact) mass is 464 g/mol. The number of nitrogens with zero attached hydrogens (tertiary/aromatic N) is 1. The van der Waals surface area contributed by atoms with Crippen molar-refractivity contribution < 1.29 is 13.2 Å². The number of benzene rings is 1. The summed E-state index contributed by atoms with van der Waals surface area (Å²) in [6, 6.07) is 5.02. The van der Waals surface area contributed by atoms with Gasteiger partial charge in [-0.25, -0.2) is 8.42 Å². The van der Waals surface area contributed by atoms with E-state index >= 15 is 0 Å². The molecule has 0 unspecified atom stereocenters. The third kappa shape index (κ3) is 6.74. The van der Waals surface area contributed by atoms with Gasteiger partial charge in [-0.1, -0.05) is 30.9 Å². The van der Waals surface area contributed by atoms with Crippen LogP contribution in [0.25, 0.3) is 0 Å². The summed E-state index contributed by atoms with van der Waals surface area (Å²) in [7, 11) is -3.45. The SMILES string of the molecule is CS(=O)(=O)N(CCCC(=O)NCC1CCCCC1)c1ccc(Br)c(Cl)c1. The molecule has 0 atom stereocenters. The summed E-state index contributed by atoms with van der Waals surface area (Å²) in [6.45, 7) is 0.977. The molecule has 0 aromatic heterocycles. The van der Waals surface area contributed by atoms with E-state index in [9.17, 15) is 13.2 Å².